The van der Waals surface area contributed by atoms with Gasteiger partial charge >= 0.3 is 5.97 Å². The molecule has 134 valence electrons. The highest BCUT2D eigenvalue weighted by atomic mass is 35.5. The third kappa shape index (κ3) is 3.05. The Kier molecular flexibility index (Phi) is 4.34. The molecule has 0 saturated carbocycles. The fourth-order valence-electron chi connectivity index (χ4n) is 3.07. The minimum Gasteiger partial charge on any atom is -0.477 e. The number of hydrogen-bond acceptors (Lipinski definition) is 3. The quantitative estimate of drug-likeness (QED) is 0.502. The molecule has 27 heavy (non-hydrogen) atoms. The van der Waals surface area contributed by atoms with E-state index in [0.29, 0.717) is 26.8 Å². The minimum atomic E-state index is -1.12. The SMILES string of the molecule is Cc1nn(-c2ccccc2)c2nc(C(=O)O)cc(-c3ccc(Cl)cc3Cl)c12. The zero-order valence-electron chi connectivity index (χ0n) is 14.1. The number of carboxylic acids is 1. The summed E-state index contributed by atoms with van der Waals surface area (Å²) in [5, 5.41) is 15.8. The maximum atomic E-state index is 11.7. The first-order valence-electron chi connectivity index (χ1n) is 8.10. The van der Waals surface area contributed by atoms with Crippen LogP contribution in [0.2, 0.25) is 10.0 Å². The normalized spacial score (nSPS) is 11.1. The Morgan fingerprint density at radius 3 is 2.44 bits per heavy atom. The van der Waals surface area contributed by atoms with Crippen LogP contribution in [0.25, 0.3) is 27.8 Å². The second-order valence-corrected chi connectivity index (χ2v) is 6.86. The highest BCUT2D eigenvalue weighted by molar-refractivity contribution is 6.36. The number of benzene rings is 2. The highest BCUT2D eigenvalue weighted by Gasteiger charge is 2.20. The van der Waals surface area contributed by atoms with Crippen molar-refractivity contribution in [3.05, 3.63) is 76.0 Å². The lowest BCUT2D eigenvalue weighted by Crippen LogP contribution is -2.04. The van der Waals surface area contributed by atoms with Crippen LogP contribution in [0.4, 0.5) is 0 Å². The lowest BCUT2D eigenvalue weighted by molar-refractivity contribution is 0.0691. The molecule has 2 heterocycles. The number of rotatable bonds is 3. The number of hydrogen-bond donors (Lipinski definition) is 1. The molecule has 1 N–H and O–H groups in total. The van der Waals surface area contributed by atoms with Gasteiger partial charge < -0.3 is 5.11 Å². The summed E-state index contributed by atoms with van der Waals surface area (Å²) in [5.74, 6) is -1.12. The first kappa shape index (κ1) is 17.5. The van der Waals surface area contributed by atoms with Crippen molar-refractivity contribution in [3.8, 4) is 16.8 Å². The monoisotopic (exact) mass is 397 g/mol. The van der Waals surface area contributed by atoms with Crippen LogP contribution in [0.3, 0.4) is 0 Å². The molecule has 4 rings (SSSR count). The van der Waals surface area contributed by atoms with E-state index in [1.54, 1.807) is 22.9 Å². The predicted molar refractivity (Wildman–Crippen MR) is 106 cm³/mol. The van der Waals surface area contributed by atoms with E-state index in [-0.39, 0.29) is 5.69 Å². The molecule has 7 heteroatoms. The number of aryl methyl sites for hydroxylation is 1. The molecule has 0 bridgehead atoms. The summed E-state index contributed by atoms with van der Waals surface area (Å²) in [4.78, 5) is 16.0. The van der Waals surface area contributed by atoms with Gasteiger partial charge in [0.05, 0.1) is 16.8 Å². The largest absolute Gasteiger partial charge is 0.477 e. The second kappa shape index (κ2) is 6.68. The zero-order valence-corrected chi connectivity index (χ0v) is 15.7. The standard InChI is InChI=1S/C20H13Cl2N3O2/c1-11-18-15(14-8-7-12(21)9-16(14)22)10-17(20(26)27)23-19(18)25(24-11)13-5-3-2-4-6-13/h2-10H,1H3,(H,26,27). The van der Waals surface area contributed by atoms with Gasteiger partial charge in [-0.25, -0.2) is 14.5 Å². The third-order valence-corrected chi connectivity index (χ3v) is 4.80. The van der Waals surface area contributed by atoms with Gasteiger partial charge in [0.25, 0.3) is 0 Å². The molecule has 2 aromatic carbocycles. The number of fused-ring (bicyclic) bond motifs is 1. The van der Waals surface area contributed by atoms with Crippen molar-refractivity contribution in [2.24, 2.45) is 0 Å². The molecule has 0 atom stereocenters. The number of aromatic carboxylic acids is 1. The van der Waals surface area contributed by atoms with Crippen LogP contribution in [0.15, 0.2) is 54.6 Å². The van der Waals surface area contributed by atoms with Crippen molar-refractivity contribution in [3.63, 3.8) is 0 Å². The molecule has 0 aliphatic rings. The number of carbonyl (C=O) groups is 1. The Hall–Kier alpha value is -2.89. The molecule has 0 aliphatic heterocycles. The Morgan fingerprint density at radius 2 is 1.78 bits per heavy atom. The number of carboxylic acid groups (broad SMARTS) is 1. The van der Waals surface area contributed by atoms with E-state index in [9.17, 15) is 9.90 Å². The van der Waals surface area contributed by atoms with Crippen LogP contribution in [0.1, 0.15) is 16.2 Å². The van der Waals surface area contributed by atoms with Gasteiger partial charge in [0.1, 0.15) is 0 Å². The Bertz CT molecular complexity index is 1190. The first-order valence-corrected chi connectivity index (χ1v) is 8.86. The molecule has 0 amide bonds. The van der Waals surface area contributed by atoms with Gasteiger partial charge in [-0.15, -0.1) is 0 Å². The van der Waals surface area contributed by atoms with Crippen molar-refractivity contribution < 1.29 is 9.90 Å². The van der Waals surface area contributed by atoms with Crippen LogP contribution >= 0.6 is 23.2 Å². The van der Waals surface area contributed by atoms with E-state index in [4.69, 9.17) is 23.2 Å². The van der Waals surface area contributed by atoms with E-state index in [0.717, 1.165) is 16.8 Å². The molecule has 0 aliphatic carbocycles. The molecule has 4 aromatic rings. The van der Waals surface area contributed by atoms with Gasteiger partial charge in [0, 0.05) is 15.6 Å². The van der Waals surface area contributed by atoms with Gasteiger partial charge in [-0.05, 0) is 42.8 Å². The lowest BCUT2D eigenvalue weighted by atomic mass is 10.0. The van der Waals surface area contributed by atoms with Crippen LogP contribution in [-0.4, -0.2) is 25.8 Å². The Morgan fingerprint density at radius 1 is 1.04 bits per heavy atom. The average Bonchev–Trinajstić information content (AvgIpc) is 2.99. The second-order valence-electron chi connectivity index (χ2n) is 6.02. The van der Waals surface area contributed by atoms with Gasteiger partial charge in [0.15, 0.2) is 11.3 Å². The smallest absolute Gasteiger partial charge is 0.354 e. The van der Waals surface area contributed by atoms with Crippen molar-refractivity contribution in [2.75, 3.05) is 0 Å². The molecular formula is C20H13Cl2N3O2. The number of halogens is 2. The van der Waals surface area contributed by atoms with Crippen LogP contribution in [-0.2, 0) is 0 Å². The number of para-hydroxylation sites is 1. The Balaban J connectivity index is 2.10. The summed E-state index contributed by atoms with van der Waals surface area (Å²) in [5.41, 5.74) is 3.21. The maximum Gasteiger partial charge on any atom is 0.354 e. The number of aromatic nitrogens is 3. The van der Waals surface area contributed by atoms with Gasteiger partial charge in [0.2, 0.25) is 0 Å². The van der Waals surface area contributed by atoms with Gasteiger partial charge in [-0.1, -0.05) is 47.5 Å². The fourth-order valence-corrected chi connectivity index (χ4v) is 3.58. The molecular weight excluding hydrogens is 385 g/mol. The first-order chi connectivity index (χ1) is 13.0. The molecule has 2 aromatic heterocycles. The van der Waals surface area contributed by atoms with E-state index in [1.807, 2.05) is 37.3 Å². The molecule has 0 saturated heterocycles. The molecule has 0 radical (unpaired) electrons. The van der Waals surface area contributed by atoms with E-state index < -0.39 is 5.97 Å². The van der Waals surface area contributed by atoms with E-state index in [1.165, 1.54) is 6.07 Å². The average molecular weight is 398 g/mol. The molecule has 0 unspecified atom stereocenters. The van der Waals surface area contributed by atoms with E-state index >= 15 is 0 Å². The molecule has 0 fully saturated rings. The maximum absolute atomic E-state index is 11.7. The predicted octanol–water partition coefficient (Wildman–Crippen LogP) is 5.40. The summed E-state index contributed by atoms with van der Waals surface area (Å²) >= 11 is 12.4. The van der Waals surface area contributed by atoms with Crippen molar-refractivity contribution in [1.29, 1.82) is 0 Å². The third-order valence-electron chi connectivity index (χ3n) is 4.25. The van der Waals surface area contributed by atoms with Gasteiger partial charge in [-0.3, -0.25) is 0 Å². The fraction of sp³-hybridized carbons (Fsp3) is 0.0500. The molecule has 5 nitrogen and oxygen atoms in total. The Labute approximate surface area is 164 Å². The molecule has 0 spiro atoms. The summed E-state index contributed by atoms with van der Waals surface area (Å²) in [6.45, 7) is 1.86. The summed E-state index contributed by atoms with van der Waals surface area (Å²) in [7, 11) is 0. The number of pyridine rings is 1. The zero-order chi connectivity index (χ0) is 19.1. The minimum absolute atomic E-state index is 0.0828. The van der Waals surface area contributed by atoms with Crippen LogP contribution in [0, 0.1) is 6.92 Å². The topological polar surface area (TPSA) is 68.0 Å². The highest BCUT2D eigenvalue weighted by Crippen LogP contribution is 2.37. The van der Waals surface area contributed by atoms with Crippen molar-refractivity contribution in [1.82, 2.24) is 14.8 Å². The van der Waals surface area contributed by atoms with E-state index in [2.05, 4.69) is 10.1 Å². The summed E-state index contributed by atoms with van der Waals surface area (Å²) in [6, 6.07) is 16.1. The van der Waals surface area contributed by atoms with Gasteiger partial charge in [-0.2, -0.15) is 5.10 Å². The van der Waals surface area contributed by atoms with Crippen molar-refractivity contribution >= 4 is 40.2 Å². The van der Waals surface area contributed by atoms with Crippen LogP contribution < -0.4 is 0 Å². The number of nitrogens with zero attached hydrogens (tertiary/aromatic N) is 3. The summed E-state index contributed by atoms with van der Waals surface area (Å²) < 4.78 is 1.64. The summed E-state index contributed by atoms with van der Waals surface area (Å²) in [6.07, 6.45) is 0. The van der Waals surface area contributed by atoms with Crippen molar-refractivity contribution in [2.45, 2.75) is 6.92 Å². The van der Waals surface area contributed by atoms with Crippen LogP contribution in [0.5, 0.6) is 0 Å². The lowest BCUT2D eigenvalue weighted by Gasteiger charge is -2.09.